The molecule has 0 N–H and O–H groups in total. The van der Waals surface area contributed by atoms with Crippen molar-refractivity contribution < 1.29 is 27.8 Å². The molecule has 0 spiro atoms. The van der Waals surface area contributed by atoms with Crippen LogP contribution < -0.4 is 0 Å². The number of fused-ring (bicyclic) bond motifs is 1. The number of ketones is 1. The Morgan fingerprint density at radius 1 is 1.18 bits per heavy atom. The van der Waals surface area contributed by atoms with Crippen LogP contribution in [0.2, 0.25) is 0 Å². The first kappa shape index (κ1) is 30.1. The molecule has 5 aliphatic rings. The minimum atomic E-state index is -2.86. The molecule has 6 unspecified atom stereocenters. The van der Waals surface area contributed by atoms with Gasteiger partial charge in [0, 0.05) is 50.9 Å². The third kappa shape index (κ3) is 5.66. The van der Waals surface area contributed by atoms with Crippen LogP contribution in [0.4, 0.5) is 8.78 Å². The van der Waals surface area contributed by atoms with E-state index in [4.69, 9.17) is 14.2 Å². The first-order chi connectivity index (χ1) is 19.0. The van der Waals surface area contributed by atoms with Gasteiger partial charge in [-0.05, 0) is 100 Å². The number of methoxy groups -OCH3 is 2. The fourth-order valence-electron chi connectivity index (χ4n) is 9.22. The normalized spacial score (nSPS) is 35.3. The molecule has 4 aliphatic carbocycles. The molecule has 5 rings (SSSR count). The monoisotopic (exact) mass is 560 g/mol. The largest absolute Gasteiger partial charge is 0.381 e. The van der Waals surface area contributed by atoms with Gasteiger partial charge < -0.3 is 14.2 Å². The Hall–Kier alpha value is -1.37. The zero-order valence-electron chi connectivity index (χ0n) is 25.3. The Morgan fingerprint density at radius 2 is 1.95 bits per heavy atom. The third-order valence-corrected chi connectivity index (χ3v) is 11.5. The number of hydrogen-bond donors (Lipinski definition) is 0. The molecule has 6 heteroatoms. The molecule has 6 atom stereocenters. The predicted octanol–water partition coefficient (Wildman–Crippen LogP) is 8.22. The van der Waals surface area contributed by atoms with Crippen LogP contribution in [0.1, 0.15) is 97.8 Å². The summed E-state index contributed by atoms with van der Waals surface area (Å²) in [6.07, 6.45) is 14.5. The number of ether oxygens (including phenoxy) is 3. The zero-order valence-corrected chi connectivity index (χ0v) is 25.3. The number of halogens is 2. The summed E-state index contributed by atoms with van der Waals surface area (Å²) in [6.45, 7) is 6.53. The topological polar surface area (TPSA) is 44.8 Å². The van der Waals surface area contributed by atoms with E-state index >= 15 is 0 Å². The van der Waals surface area contributed by atoms with Gasteiger partial charge in [0.25, 0.3) is 5.92 Å². The number of rotatable bonds is 8. The van der Waals surface area contributed by atoms with Crippen LogP contribution in [0.3, 0.4) is 0 Å². The van der Waals surface area contributed by atoms with Crippen molar-refractivity contribution in [3.63, 3.8) is 0 Å². The number of Topliss-reactive ketones (excluding diaryl/α,β-unsaturated/α-hetero) is 1. The van der Waals surface area contributed by atoms with Crippen molar-refractivity contribution >= 4 is 5.78 Å². The van der Waals surface area contributed by atoms with Gasteiger partial charge in [0.1, 0.15) is 5.78 Å². The SMILES string of the molecule is COC1(OC)CCOCC1C(C)C1CC2CCCC2(C(=O)CC2CCCC3=C(C=C(C(C)(F)F)C=C(C)C3)C2)C1. The Morgan fingerprint density at radius 3 is 2.67 bits per heavy atom. The van der Waals surface area contributed by atoms with Gasteiger partial charge in [0.05, 0.1) is 13.2 Å². The van der Waals surface area contributed by atoms with Crippen LogP contribution in [0.25, 0.3) is 0 Å². The second-order valence-corrected chi connectivity index (χ2v) is 13.8. The van der Waals surface area contributed by atoms with Gasteiger partial charge in [-0.1, -0.05) is 30.6 Å². The number of alkyl halides is 2. The van der Waals surface area contributed by atoms with E-state index in [2.05, 4.69) is 6.92 Å². The van der Waals surface area contributed by atoms with Crippen molar-refractivity contribution in [2.75, 3.05) is 27.4 Å². The maximum absolute atomic E-state index is 14.4. The lowest BCUT2D eigenvalue weighted by atomic mass is 9.71. The van der Waals surface area contributed by atoms with Gasteiger partial charge in [-0.15, -0.1) is 0 Å². The number of hydrogen-bond acceptors (Lipinski definition) is 4. The van der Waals surface area contributed by atoms with Gasteiger partial charge in [0.2, 0.25) is 0 Å². The van der Waals surface area contributed by atoms with Crippen LogP contribution >= 0.6 is 0 Å². The quantitative estimate of drug-likeness (QED) is 0.281. The lowest BCUT2D eigenvalue weighted by Crippen LogP contribution is -2.52. The third-order valence-electron chi connectivity index (χ3n) is 11.5. The molecule has 40 heavy (non-hydrogen) atoms. The molecule has 0 aromatic heterocycles. The molecule has 1 saturated heterocycles. The molecule has 1 aliphatic heterocycles. The predicted molar refractivity (Wildman–Crippen MR) is 153 cm³/mol. The molecule has 0 aromatic rings. The van der Waals surface area contributed by atoms with Crippen LogP contribution in [0, 0.1) is 35.0 Å². The van der Waals surface area contributed by atoms with Crippen molar-refractivity contribution in [3.05, 3.63) is 34.4 Å². The fourth-order valence-corrected chi connectivity index (χ4v) is 9.22. The second-order valence-electron chi connectivity index (χ2n) is 13.8. The average Bonchev–Trinajstić information content (AvgIpc) is 3.37. The summed E-state index contributed by atoms with van der Waals surface area (Å²) in [5.41, 5.74) is 3.24. The Labute approximate surface area is 240 Å². The highest BCUT2D eigenvalue weighted by Crippen LogP contribution is 2.60. The first-order valence-electron chi connectivity index (χ1n) is 15.7. The maximum atomic E-state index is 14.4. The van der Waals surface area contributed by atoms with Crippen molar-refractivity contribution in [1.82, 2.24) is 0 Å². The molecule has 224 valence electrons. The summed E-state index contributed by atoms with van der Waals surface area (Å²) in [5, 5.41) is 0. The average molecular weight is 561 g/mol. The van der Waals surface area contributed by atoms with Crippen molar-refractivity contribution in [1.29, 1.82) is 0 Å². The Kier molecular flexibility index (Phi) is 8.82. The van der Waals surface area contributed by atoms with Gasteiger partial charge in [-0.25, -0.2) is 8.78 Å². The summed E-state index contributed by atoms with van der Waals surface area (Å²) in [7, 11) is 3.48. The smallest absolute Gasteiger partial charge is 0.270 e. The molecule has 0 bridgehead atoms. The Bertz CT molecular complexity index is 1050. The second kappa shape index (κ2) is 11.7. The lowest BCUT2D eigenvalue weighted by Gasteiger charge is -2.45. The summed E-state index contributed by atoms with van der Waals surface area (Å²) >= 11 is 0. The molecule has 0 radical (unpaired) electrons. The number of carbonyl (C=O) groups is 1. The molecule has 1 heterocycles. The molecule has 3 fully saturated rings. The van der Waals surface area contributed by atoms with E-state index in [-0.39, 0.29) is 22.8 Å². The summed E-state index contributed by atoms with van der Waals surface area (Å²) in [5.74, 6) is -1.43. The van der Waals surface area contributed by atoms with Crippen LogP contribution in [-0.2, 0) is 19.0 Å². The zero-order chi connectivity index (χ0) is 28.7. The van der Waals surface area contributed by atoms with E-state index in [9.17, 15) is 13.6 Å². The molecular formula is C34H50F2O4. The molecule has 0 amide bonds. The van der Waals surface area contributed by atoms with Gasteiger partial charge in [0.15, 0.2) is 5.79 Å². The number of allylic oxidation sites excluding steroid dienone is 6. The van der Waals surface area contributed by atoms with Gasteiger partial charge in [-0.3, -0.25) is 4.79 Å². The summed E-state index contributed by atoms with van der Waals surface area (Å²) in [4.78, 5) is 14.3. The highest BCUT2D eigenvalue weighted by molar-refractivity contribution is 5.86. The van der Waals surface area contributed by atoms with Crippen molar-refractivity contribution in [2.24, 2.45) is 35.0 Å². The van der Waals surface area contributed by atoms with Crippen molar-refractivity contribution in [3.8, 4) is 0 Å². The maximum Gasteiger partial charge on any atom is 0.270 e. The van der Waals surface area contributed by atoms with Gasteiger partial charge in [-0.2, -0.15) is 0 Å². The molecule has 2 saturated carbocycles. The van der Waals surface area contributed by atoms with E-state index in [0.29, 0.717) is 43.2 Å². The Balaban J connectivity index is 1.31. The molecule has 4 nitrogen and oxygen atoms in total. The fraction of sp³-hybridized carbons (Fsp3) is 0.794. The first-order valence-corrected chi connectivity index (χ1v) is 15.7. The summed E-state index contributed by atoms with van der Waals surface area (Å²) < 4.78 is 46.6. The minimum absolute atomic E-state index is 0.110. The van der Waals surface area contributed by atoms with Crippen molar-refractivity contribution in [2.45, 2.75) is 110 Å². The molecular weight excluding hydrogens is 510 g/mol. The lowest BCUT2D eigenvalue weighted by molar-refractivity contribution is -0.287. The highest BCUT2D eigenvalue weighted by Gasteiger charge is 2.57. The number of carbonyl (C=O) groups excluding carboxylic acids is 1. The van der Waals surface area contributed by atoms with E-state index in [1.165, 1.54) is 5.57 Å². The van der Waals surface area contributed by atoms with Crippen LogP contribution in [-0.4, -0.2) is 44.9 Å². The highest BCUT2D eigenvalue weighted by atomic mass is 19.3. The van der Waals surface area contributed by atoms with Crippen LogP contribution in [0.5, 0.6) is 0 Å². The van der Waals surface area contributed by atoms with Crippen LogP contribution in [0.15, 0.2) is 34.4 Å². The van der Waals surface area contributed by atoms with E-state index in [0.717, 1.165) is 88.7 Å². The van der Waals surface area contributed by atoms with E-state index in [1.54, 1.807) is 26.4 Å². The standard InChI is InChI=1S/C34H50F2O4/c1-22-14-25-9-6-8-24(16-26(25)18-29(15-22)32(3,35)36)17-31(37)33-11-7-10-28(33)19-27(20-33)23(2)30-21-40-13-12-34(30,38-4)39-5/h15,18,23-24,27-28,30H,6-14,16-17,19-21H2,1-5H3. The minimum Gasteiger partial charge on any atom is -0.381 e. The summed E-state index contributed by atoms with van der Waals surface area (Å²) in [6, 6.07) is 0. The molecule has 0 aromatic carbocycles. The van der Waals surface area contributed by atoms with E-state index < -0.39 is 11.7 Å². The van der Waals surface area contributed by atoms with E-state index in [1.807, 2.05) is 6.92 Å². The van der Waals surface area contributed by atoms with Gasteiger partial charge >= 0.3 is 0 Å².